The van der Waals surface area contributed by atoms with Crippen LogP contribution in [0.2, 0.25) is 5.02 Å². The molecule has 2 rings (SSSR count). The Kier molecular flexibility index (Phi) is 4.30. The first-order chi connectivity index (χ1) is 8.61. The van der Waals surface area contributed by atoms with Gasteiger partial charge in [-0.25, -0.2) is 0 Å². The molecule has 2 aromatic rings. The second-order valence-corrected chi connectivity index (χ2v) is 5.32. The second kappa shape index (κ2) is 5.76. The van der Waals surface area contributed by atoms with Gasteiger partial charge < -0.3 is 5.32 Å². The molecule has 0 radical (unpaired) electrons. The summed E-state index contributed by atoms with van der Waals surface area (Å²) in [7, 11) is 0. The number of hydrogen-bond donors (Lipinski definition) is 1. The summed E-state index contributed by atoms with van der Waals surface area (Å²) < 4.78 is 3.00. The van der Waals surface area contributed by atoms with Crippen LogP contribution in [0.1, 0.15) is 18.3 Å². The summed E-state index contributed by atoms with van der Waals surface area (Å²) in [5, 5.41) is 8.49. The topological polar surface area (TPSA) is 29.9 Å². The maximum absolute atomic E-state index is 6.25. The van der Waals surface area contributed by atoms with E-state index in [1.807, 2.05) is 35.9 Å². The fraction of sp³-hybridized carbons (Fsp3) is 0.308. The monoisotopic (exact) mass is 327 g/mol. The molecule has 0 unspecified atom stereocenters. The number of anilines is 1. The Morgan fingerprint density at radius 3 is 2.61 bits per heavy atom. The molecule has 96 valence electrons. The van der Waals surface area contributed by atoms with Gasteiger partial charge in [0, 0.05) is 16.7 Å². The van der Waals surface area contributed by atoms with Gasteiger partial charge in [-0.1, -0.05) is 27.5 Å². The van der Waals surface area contributed by atoms with Crippen molar-refractivity contribution in [3.05, 3.63) is 45.1 Å². The second-order valence-electron chi connectivity index (χ2n) is 4.02. The van der Waals surface area contributed by atoms with Crippen molar-refractivity contribution in [3.8, 4) is 0 Å². The molecule has 18 heavy (non-hydrogen) atoms. The Labute approximate surface area is 120 Å². The normalized spacial score (nSPS) is 10.7. The van der Waals surface area contributed by atoms with Crippen molar-refractivity contribution < 1.29 is 0 Å². The first-order valence-electron chi connectivity index (χ1n) is 5.83. The first kappa shape index (κ1) is 13.4. The molecular formula is C13H15BrClN3. The van der Waals surface area contributed by atoms with Crippen LogP contribution in [0.4, 0.5) is 5.69 Å². The van der Waals surface area contributed by atoms with Crippen LogP contribution < -0.4 is 5.32 Å². The smallest absolute Gasteiger partial charge is 0.0865 e. The maximum atomic E-state index is 6.25. The van der Waals surface area contributed by atoms with Crippen molar-refractivity contribution in [2.45, 2.75) is 26.9 Å². The van der Waals surface area contributed by atoms with Crippen molar-refractivity contribution in [3.63, 3.8) is 0 Å². The Balaban J connectivity index is 2.12. The molecule has 1 aromatic carbocycles. The Hall–Kier alpha value is -1.000. The number of hydrogen-bond acceptors (Lipinski definition) is 2. The Morgan fingerprint density at radius 1 is 1.33 bits per heavy atom. The van der Waals surface area contributed by atoms with Crippen LogP contribution in [0.25, 0.3) is 0 Å². The van der Waals surface area contributed by atoms with E-state index in [0.717, 1.165) is 33.1 Å². The van der Waals surface area contributed by atoms with Gasteiger partial charge in [0.2, 0.25) is 0 Å². The van der Waals surface area contributed by atoms with Crippen molar-refractivity contribution in [1.29, 1.82) is 0 Å². The molecule has 0 aliphatic rings. The first-order valence-corrected chi connectivity index (χ1v) is 7.00. The quantitative estimate of drug-likeness (QED) is 0.910. The van der Waals surface area contributed by atoms with Crippen LogP contribution >= 0.6 is 27.5 Å². The lowest BCUT2D eigenvalue weighted by atomic mass is 10.3. The van der Waals surface area contributed by atoms with Crippen molar-refractivity contribution in [1.82, 2.24) is 9.78 Å². The molecule has 0 saturated heterocycles. The third-order valence-electron chi connectivity index (χ3n) is 2.76. The van der Waals surface area contributed by atoms with Gasteiger partial charge in [-0.3, -0.25) is 4.68 Å². The standard InChI is InChI=1S/C13H15BrClN3/c1-3-18-12(13(15)9(2)17-18)8-16-11-6-4-10(14)5-7-11/h4-7,16H,3,8H2,1-2H3. The number of nitrogens with one attached hydrogen (secondary N) is 1. The van der Waals surface area contributed by atoms with Crippen molar-refractivity contribution in [2.24, 2.45) is 0 Å². The molecule has 1 N–H and O–H groups in total. The zero-order valence-corrected chi connectivity index (χ0v) is 12.7. The van der Waals surface area contributed by atoms with Crippen molar-refractivity contribution >= 4 is 33.2 Å². The molecule has 1 aromatic heterocycles. The SMILES string of the molecule is CCn1nc(C)c(Cl)c1CNc1ccc(Br)cc1. The van der Waals surface area contributed by atoms with E-state index in [0.29, 0.717) is 6.54 Å². The number of nitrogens with zero attached hydrogens (tertiary/aromatic N) is 2. The molecule has 0 fully saturated rings. The van der Waals surface area contributed by atoms with E-state index in [-0.39, 0.29) is 0 Å². The van der Waals surface area contributed by atoms with Crippen LogP contribution in [0.5, 0.6) is 0 Å². The minimum atomic E-state index is 0.676. The fourth-order valence-corrected chi connectivity index (χ4v) is 2.26. The molecule has 0 aliphatic carbocycles. The third-order valence-corrected chi connectivity index (χ3v) is 3.78. The summed E-state index contributed by atoms with van der Waals surface area (Å²) in [5.74, 6) is 0. The van der Waals surface area contributed by atoms with Crippen molar-refractivity contribution in [2.75, 3.05) is 5.32 Å². The van der Waals surface area contributed by atoms with Crippen LogP contribution in [-0.4, -0.2) is 9.78 Å². The minimum absolute atomic E-state index is 0.676. The lowest BCUT2D eigenvalue weighted by Gasteiger charge is -2.08. The fourth-order valence-electron chi connectivity index (χ4n) is 1.79. The van der Waals surface area contributed by atoms with Gasteiger partial charge in [-0.05, 0) is 38.1 Å². The Morgan fingerprint density at radius 2 is 2.00 bits per heavy atom. The zero-order valence-electron chi connectivity index (χ0n) is 10.4. The molecule has 0 spiro atoms. The predicted molar refractivity (Wildman–Crippen MR) is 79.1 cm³/mol. The number of halogens is 2. The minimum Gasteiger partial charge on any atom is -0.379 e. The summed E-state index contributed by atoms with van der Waals surface area (Å²) in [4.78, 5) is 0. The van der Waals surface area contributed by atoms with Gasteiger partial charge in [0.1, 0.15) is 0 Å². The molecule has 5 heteroatoms. The average Bonchev–Trinajstić information content (AvgIpc) is 2.65. The largest absolute Gasteiger partial charge is 0.379 e. The molecule has 0 saturated carbocycles. The molecule has 1 heterocycles. The van der Waals surface area contributed by atoms with E-state index in [1.54, 1.807) is 0 Å². The van der Waals surface area contributed by atoms with E-state index in [4.69, 9.17) is 11.6 Å². The maximum Gasteiger partial charge on any atom is 0.0865 e. The third kappa shape index (κ3) is 2.87. The van der Waals surface area contributed by atoms with E-state index in [1.165, 1.54) is 0 Å². The number of aryl methyl sites for hydroxylation is 2. The number of aromatic nitrogens is 2. The highest BCUT2D eigenvalue weighted by atomic mass is 79.9. The van der Waals surface area contributed by atoms with E-state index < -0.39 is 0 Å². The molecule has 0 amide bonds. The van der Waals surface area contributed by atoms with E-state index >= 15 is 0 Å². The van der Waals surface area contributed by atoms with Crippen LogP contribution in [-0.2, 0) is 13.1 Å². The lowest BCUT2D eigenvalue weighted by molar-refractivity contribution is 0.623. The zero-order chi connectivity index (χ0) is 13.1. The van der Waals surface area contributed by atoms with Gasteiger partial charge in [0.05, 0.1) is 23.0 Å². The molecule has 0 bridgehead atoms. The summed E-state index contributed by atoms with van der Waals surface area (Å²) in [6.07, 6.45) is 0. The number of benzene rings is 1. The predicted octanol–water partition coefficient (Wildman–Crippen LogP) is 4.24. The van der Waals surface area contributed by atoms with Gasteiger partial charge in [0.25, 0.3) is 0 Å². The van der Waals surface area contributed by atoms with Gasteiger partial charge in [0.15, 0.2) is 0 Å². The molecule has 0 aliphatic heterocycles. The summed E-state index contributed by atoms with van der Waals surface area (Å²) in [6.45, 7) is 5.49. The molecule has 0 atom stereocenters. The van der Waals surface area contributed by atoms with Gasteiger partial charge >= 0.3 is 0 Å². The van der Waals surface area contributed by atoms with Gasteiger partial charge in [-0.2, -0.15) is 5.10 Å². The Bertz CT molecular complexity index is 534. The highest BCUT2D eigenvalue weighted by Gasteiger charge is 2.11. The molecular weight excluding hydrogens is 314 g/mol. The summed E-state index contributed by atoms with van der Waals surface area (Å²) in [6, 6.07) is 8.06. The summed E-state index contributed by atoms with van der Waals surface area (Å²) >= 11 is 9.67. The van der Waals surface area contributed by atoms with E-state index in [2.05, 4.69) is 33.3 Å². The number of rotatable bonds is 4. The van der Waals surface area contributed by atoms with Crippen LogP contribution in [0.15, 0.2) is 28.7 Å². The summed E-state index contributed by atoms with van der Waals surface area (Å²) in [5.41, 5.74) is 2.97. The van der Waals surface area contributed by atoms with Crippen LogP contribution in [0, 0.1) is 6.92 Å². The highest BCUT2D eigenvalue weighted by Crippen LogP contribution is 2.22. The lowest BCUT2D eigenvalue weighted by Crippen LogP contribution is -2.08. The highest BCUT2D eigenvalue weighted by molar-refractivity contribution is 9.10. The molecule has 3 nitrogen and oxygen atoms in total. The van der Waals surface area contributed by atoms with E-state index in [9.17, 15) is 0 Å². The van der Waals surface area contributed by atoms with Crippen LogP contribution in [0.3, 0.4) is 0 Å². The van der Waals surface area contributed by atoms with Gasteiger partial charge in [-0.15, -0.1) is 0 Å². The average molecular weight is 329 g/mol.